The van der Waals surface area contributed by atoms with Crippen LogP contribution in [0.1, 0.15) is 32.1 Å². The van der Waals surface area contributed by atoms with E-state index in [1.165, 1.54) is 17.7 Å². The quantitative estimate of drug-likeness (QED) is 0.786. The maximum atomic E-state index is 11.2. The predicted octanol–water partition coefficient (Wildman–Crippen LogP) is 2.46. The van der Waals surface area contributed by atoms with Gasteiger partial charge >= 0.3 is 0 Å². The van der Waals surface area contributed by atoms with Crippen molar-refractivity contribution in [2.45, 2.75) is 44.2 Å². The molecule has 0 aromatic heterocycles. The molecule has 3 nitrogen and oxygen atoms in total. The van der Waals surface area contributed by atoms with E-state index in [-0.39, 0.29) is 6.10 Å². The van der Waals surface area contributed by atoms with Gasteiger partial charge in [0.05, 0.1) is 6.10 Å². The number of piperidine rings is 3. The summed E-state index contributed by atoms with van der Waals surface area (Å²) < 4.78 is 0. The van der Waals surface area contributed by atoms with Crippen molar-refractivity contribution in [3.63, 3.8) is 0 Å². The van der Waals surface area contributed by atoms with Crippen LogP contribution >= 0.6 is 0 Å². The third-order valence-corrected chi connectivity index (χ3v) is 6.39. The fourth-order valence-electron chi connectivity index (χ4n) is 5.15. The molecule has 3 saturated heterocycles. The highest BCUT2D eigenvalue weighted by Gasteiger charge is 2.44. The summed E-state index contributed by atoms with van der Waals surface area (Å²) in [6, 6.07) is 0.359. The highest BCUT2D eigenvalue weighted by atomic mass is 16.3. The summed E-state index contributed by atoms with van der Waals surface area (Å²) in [5.41, 5.74) is 2.77. The summed E-state index contributed by atoms with van der Waals surface area (Å²) in [4.78, 5) is 2.54. The van der Waals surface area contributed by atoms with Gasteiger partial charge in [0.2, 0.25) is 0 Å². The molecular formula is C19H28N2O. The Bertz CT molecular complexity index is 510. The largest absolute Gasteiger partial charge is 0.391 e. The molecule has 0 spiro atoms. The van der Waals surface area contributed by atoms with Crippen LogP contribution in [-0.4, -0.2) is 41.8 Å². The van der Waals surface area contributed by atoms with Crippen LogP contribution in [-0.2, 0) is 0 Å². The molecule has 22 heavy (non-hydrogen) atoms. The molecule has 0 aromatic carbocycles. The summed E-state index contributed by atoms with van der Waals surface area (Å²) in [7, 11) is 0. The van der Waals surface area contributed by atoms with Gasteiger partial charge in [-0.1, -0.05) is 12.2 Å². The first-order valence-electron chi connectivity index (χ1n) is 8.96. The van der Waals surface area contributed by atoms with Gasteiger partial charge < -0.3 is 10.4 Å². The van der Waals surface area contributed by atoms with Gasteiger partial charge in [-0.25, -0.2) is 0 Å². The van der Waals surface area contributed by atoms with E-state index in [1.807, 2.05) is 0 Å². The van der Waals surface area contributed by atoms with E-state index in [9.17, 15) is 5.11 Å². The van der Waals surface area contributed by atoms with E-state index in [0.717, 1.165) is 51.2 Å². The molecule has 4 heterocycles. The standard InChI is InChI=1S/C19H28N2O/c1-2-13-12-21-10-8-14(13)11-18(21)19(22)16-7-9-20-17-6-4-3-5-15(16)17/h2,4,6,13-14,16,18-20,22H,1,3,5,7-12H2/t13?,14-,16?,18-,19+/m0/s1. The molecule has 5 rings (SSSR count). The normalized spacial score (nSPS) is 41.8. The van der Waals surface area contributed by atoms with Gasteiger partial charge in [-0.15, -0.1) is 6.58 Å². The van der Waals surface area contributed by atoms with Crippen molar-refractivity contribution in [3.05, 3.63) is 36.1 Å². The molecule has 0 radical (unpaired) electrons. The molecule has 5 aliphatic rings. The van der Waals surface area contributed by atoms with Gasteiger partial charge in [-0.3, -0.25) is 4.90 Å². The summed E-state index contributed by atoms with van der Waals surface area (Å²) in [5, 5.41) is 14.7. The Balaban J connectivity index is 1.54. The molecule has 3 fully saturated rings. The molecule has 2 N–H and O–H groups in total. The van der Waals surface area contributed by atoms with Crippen LogP contribution in [0.2, 0.25) is 0 Å². The molecule has 4 aliphatic heterocycles. The van der Waals surface area contributed by atoms with Crippen molar-refractivity contribution >= 4 is 0 Å². The third kappa shape index (κ3) is 2.35. The van der Waals surface area contributed by atoms with Gasteiger partial charge in [0.15, 0.2) is 0 Å². The van der Waals surface area contributed by atoms with Crippen molar-refractivity contribution in [1.82, 2.24) is 10.2 Å². The highest BCUT2D eigenvalue weighted by molar-refractivity contribution is 5.32. The Morgan fingerprint density at radius 1 is 1.41 bits per heavy atom. The predicted molar refractivity (Wildman–Crippen MR) is 89.3 cm³/mol. The van der Waals surface area contributed by atoms with Crippen LogP contribution in [0, 0.1) is 17.8 Å². The van der Waals surface area contributed by atoms with Crippen molar-refractivity contribution < 1.29 is 5.11 Å². The SMILES string of the molecule is C=CC1CN2CC[C@H]1C[C@H]2[C@H](O)C1CCNC2=C1CCC=C2. The van der Waals surface area contributed by atoms with Gasteiger partial charge in [-0.2, -0.15) is 0 Å². The van der Waals surface area contributed by atoms with Crippen molar-refractivity contribution in [1.29, 1.82) is 0 Å². The molecule has 0 aromatic rings. The highest BCUT2D eigenvalue weighted by Crippen LogP contribution is 2.41. The number of aliphatic hydroxyl groups excluding tert-OH is 1. The number of nitrogens with one attached hydrogen (secondary N) is 1. The van der Waals surface area contributed by atoms with E-state index in [1.54, 1.807) is 0 Å². The Labute approximate surface area is 133 Å². The lowest BCUT2D eigenvalue weighted by Crippen LogP contribution is -2.59. The average Bonchev–Trinajstić information content (AvgIpc) is 2.60. The summed E-state index contributed by atoms with van der Waals surface area (Å²) >= 11 is 0. The summed E-state index contributed by atoms with van der Waals surface area (Å²) in [6.45, 7) is 7.26. The minimum Gasteiger partial charge on any atom is -0.391 e. The average molecular weight is 300 g/mol. The van der Waals surface area contributed by atoms with Gasteiger partial charge in [0.25, 0.3) is 0 Å². The van der Waals surface area contributed by atoms with Crippen LogP contribution in [0.3, 0.4) is 0 Å². The minimum absolute atomic E-state index is 0.202. The molecular weight excluding hydrogens is 272 g/mol. The molecule has 0 saturated carbocycles. The molecule has 120 valence electrons. The zero-order valence-corrected chi connectivity index (χ0v) is 13.4. The van der Waals surface area contributed by atoms with Gasteiger partial charge in [0.1, 0.15) is 0 Å². The Kier molecular flexibility index (Phi) is 3.87. The van der Waals surface area contributed by atoms with Crippen LogP contribution in [0.4, 0.5) is 0 Å². The lowest BCUT2D eigenvalue weighted by molar-refractivity contribution is -0.0605. The smallest absolute Gasteiger partial charge is 0.0762 e. The number of rotatable bonds is 3. The van der Waals surface area contributed by atoms with Crippen LogP contribution < -0.4 is 5.32 Å². The van der Waals surface area contributed by atoms with Gasteiger partial charge in [-0.05, 0) is 62.1 Å². The first-order valence-corrected chi connectivity index (χ1v) is 8.96. The van der Waals surface area contributed by atoms with Crippen LogP contribution in [0.25, 0.3) is 0 Å². The molecule has 6 atom stereocenters. The second kappa shape index (κ2) is 5.86. The number of fused-ring (bicyclic) bond motifs is 3. The third-order valence-electron chi connectivity index (χ3n) is 6.39. The summed E-state index contributed by atoms with van der Waals surface area (Å²) in [6.07, 6.45) is 12.2. The number of aliphatic hydroxyl groups is 1. The Morgan fingerprint density at radius 3 is 3.09 bits per heavy atom. The van der Waals surface area contributed by atoms with Crippen molar-refractivity contribution in [3.8, 4) is 0 Å². The first-order chi connectivity index (χ1) is 10.8. The number of nitrogens with zero attached hydrogens (tertiary/aromatic N) is 1. The monoisotopic (exact) mass is 300 g/mol. The fourth-order valence-corrected chi connectivity index (χ4v) is 5.15. The second-order valence-electron chi connectivity index (χ2n) is 7.44. The van der Waals surface area contributed by atoms with Crippen molar-refractivity contribution in [2.75, 3.05) is 19.6 Å². The number of hydrogen-bond donors (Lipinski definition) is 2. The topological polar surface area (TPSA) is 35.5 Å². The van der Waals surface area contributed by atoms with Crippen molar-refractivity contribution in [2.24, 2.45) is 17.8 Å². The lowest BCUT2D eigenvalue weighted by Gasteiger charge is -2.52. The lowest BCUT2D eigenvalue weighted by atomic mass is 9.70. The second-order valence-corrected chi connectivity index (χ2v) is 7.44. The molecule has 0 amide bonds. The maximum absolute atomic E-state index is 11.2. The maximum Gasteiger partial charge on any atom is 0.0762 e. The number of allylic oxidation sites excluding steroid dienone is 2. The van der Waals surface area contributed by atoms with E-state index in [0.29, 0.717) is 17.9 Å². The number of hydrogen-bond acceptors (Lipinski definition) is 3. The fraction of sp³-hybridized carbons (Fsp3) is 0.684. The summed E-state index contributed by atoms with van der Waals surface area (Å²) in [5.74, 6) is 1.73. The van der Waals surface area contributed by atoms with E-state index < -0.39 is 0 Å². The first kappa shape index (κ1) is 14.5. The van der Waals surface area contributed by atoms with E-state index >= 15 is 0 Å². The van der Waals surface area contributed by atoms with Gasteiger partial charge in [0, 0.05) is 30.7 Å². The zero-order chi connectivity index (χ0) is 15.1. The van der Waals surface area contributed by atoms with E-state index in [2.05, 4.69) is 35.0 Å². The van der Waals surface area contributed by atoms with Crippen LogP contribution in [0.15, 0.2) is 36.1 Å². The van der Waals surface area contributed by atoms with Crippen LogP contribution in [0.5, 0.6) is 0 Å². The molecule has 3 unspecified atom stereocenters. The minimum atomic E-state index is -0.202. The zero-order valence-electron chi connectivity index (χ0n) is 13.4. The van der Waals surface area contributed by atoms with E-state index in [4.69, 9.17) is 0 Å². The molecule has 3 heteroatoms. The molecule has 2 bridgehead atoms. The molecule has 1 aliphatic carbocycles. The Hall–Kier alpha value is -1.06. The Morgan fingerprint density at radius 2 is 2.32 bits per heavy atom.